The summed E-state index contributed by atoms with van der Waals surface area (Å²) in [4.78, 5) is 37.9. The molecule has 0 aliphatic rings. The molecule has 3 rings (SSSR count). The maximum atomic E-state index is 12.2. The normalized spacial score (nSPS) is 11.6. The zero-order chi connectivity index (χ0) is 19.4. The fraction of sp³-hybridized carbons (Fsp3) is 0.222. The average molecular weight is 369 g/mol. The molecule has 0 radical (unpaired) electrons. The second kappa shape index (κ2) is 7.73. The fourth-order valence-electron chi connectivity index (χ4n) is 2.67. The van der Waals surface area contributed by atoms with Gasteiger partial charge in [0.25, 0.3) is 5.56 Å². The van der Waals surface area contributed by atoms with Crippen molar-refractivity contribution in [1.82, 2.24) is 19.5 Å². The number of H-pyrrole nitrogens is 2. The van der Waals surface area contributed by atoms with Crippen LogP contribution in [0.15, 0.2) is 51.4 Å². The molecule has 0 unspecified atom stereocenters. The third-order valence-corrected chi connectivity index (χ3v) is 4.06. The van der Waals surface area contributed by atoms with Gasteiger partial charge in [0.1, 0.15) is 11.3 Å². The van der Waals surface area contributed by atoms with Crippen LogP contribution in [0.25, 0.3) is 5.69 Å². The van der Waals surface area contributed by atoms with Crippen LogP contribution in [0.4, 0.5) is 0 Å². The highest BCUT2D eigenvalue weighted by molar-refractivity contribution is 6.00. The first kappa shape index (κ1) is 18.2. The Morgan fingerprint density at radius 2 is 2.04 bits per heavy atom. The van der Waals surface area contributed by atoms with Crippen LogP contribution in [0, 0.1) is 0 Å². The smallest absolute Gasteiger partial charge is 0.335 e. The van der Waals surface area contributed by atoms with Crippen LogP contribution in [0.2, 0.25) is 0 Å². The Balaban J connectivity index is 1.97. The summed E-state index contributed by atoms with van der Waals surface area (Å²) < 4.78 is 6.11. The molecule has 3 N–H and O–H groups in total. The third-order valence-electron chi connectivity index (χ3n) is 4.06. The highest BCUT2D eigenvalue weighted by Crippen LogP contribution is 2.19. The number of aromatic amines is 2. The molecule has 0 amide bonds. The first-order chi connectivity index (χ1) is 13.0. The van der Waals surface area contributed by atoms with Gasteiger partial charge in [-0.1, -0.05) is 0 Å². The van der Waals surface area contributed by atoms with E-state index in [-0.39, 0.29) is 5.56 Å². The molecule has 9 nitrogen and oxygen atoms in total. The predicted molar refractivity (Wildman–Crippen MR) is 100 cm³/mol. The number of methoxy groups -OCH3 is 1. The van der Waals surface area contributed by atoms with E-state index in [9.17, 15) is 14.7 Å². The standard InChI is InChI=1S/C18H19N5O4/c1-11(20-8-7-12-9-19-10-21-12)15-16(24)22-18(26)23(17(15)25)13-3-5-14(27-2)6-4-13/h3-6,9-10,25H,7-8H2,1-2H3,(H,19,21)(H,22,24,26). The van der Waals surface area contributed by atoms with Crippen LogP contribution >= 0.6 is 0 Å². The van der Waals surface area contributed by atoms with Crippen molar-refractivity contribution in [1.29, 1.82) is 0 Å². The highest BCUT2D eigenvalue weighted by atomic mass is 16.5. The van der Waals surface area contributed by atoms with Crippen molar-refractivity contribution in [3.8, 4) is 17.3 Å². The monoisotopic (exact) mass is 369 g/mol. The highest BCUT2D eigenvalue weighted by Gasteiger charge is 2.17. The minimum atomic E-state index is -0.739. The summed E-state index contributed by atoms with van der Waals surface area (Å²) in [5.74, 6) is 0.143. The Hall–Kier alpha value is -3.62. The first-order valence-electron chi connectivity index (χ1n) is 8.22. The summed E-state index contributed by atoms with van der Waals surface area (Å²) in [5.41, 5.74) is 0.154. The van der Waals surface area contributed by atoms with Crippen molar-refractivity contribution in [2.45, 2.75) is 13.3 Å². The van der Waals surface area contributed by atoms with E-state index >= 15 is 0 Å². The second-order valence-electron chi connectivity index (χ2n) is 5.79. The number of benzene rings is 1. The van der Waals surface area contributed by atoms with Crippen molar-refractivity contribution in [2.24, 2.45) is 4.99 Å². The molecule has 0 aliphatic heterocycles. The Labute approximate surface area is 154 Å². The lowest BCUT2D eigenvalue weighted by molar-refractivity contribution is 0.414. The van der Waals surface area contributed by atoms with Gasteiger partial charge in [-0.2, -0.15) is 0 Å². The number of ether oxygens (including phenoxy) is 1. The van der Waals surface area contributed by atoms with Gasteiger partial charge in [-0.05, 0) is 31.2 Å². The fourth-order valence-corrected chi connectivity index (χ4v) is 2.67. The van der Waals surface area contributed by atoms with E-state index in [0.717, 1.165) is 10.3 Å². The molecule has 2 aromatic heterocycles. The van der Waals surface area contributed by atoms with E-state index in [4.69, 9.17) is 4.74 Å². The first-order valence-corrected chi connectivity index (χ1v) is 8.22. The number of nitrogens with zero attached hydrogens (tertiary/aromatic N) is 3. The van der Waals surface area contributed by atoms with Crippen molar-refractivity contribution < 1.29 is 9.84 Å². The van der Waals surface area contributed by atoms with Gasteiger partial charge in [-0.25, -0.2) is 14.3 Å². The number of imidazole rings is 1. The van der Waals surface area contributed by atoms with Crippen molar-refractivity contribution in [2.75, 3.05) is 13.7 Å². The molecular weight excluding hydrogens is 350 g/mol. The maximum Gasteiger partial charge on any atom is 0.335 e. The molecule has 0 aliphatic carbocycles. The summed E-state index contributed by atoms with van der Waals surface area (Å²) in [6, 6.07) is 6.51. The van der Waals surface area contributed by atoms with E-state index in [1.165, 1.54) is 7.11 Å². The zero-order valence-corrected chi connectivity index (χ0v) is 14.9. The van der Waals surface area contributed by atoms with Crippen LogP contribution in [-0.4, -0.2) is 44.0 Å². The molecule has 0 atom stereocenters. The number of hydrogen-bond acceptors (Lipinski definition) is 6. The minimum Gasteiger partial charge on any atom is -0.497 e. The van der Waals surface area contributed by atoms with E-state index < -0.39 is 17.1 Å². The molecule has 27 heavy (non-hydrogen) atoms. The lowest BCUT2D eigenvalue weighted by Crippen LogP contribution is -2.32. The largest absolute Gasteiger partial charge is 0.497 e. The predicted octanol–water partition coefficient (Wildman–Crippen LogP) is 1.01. The Kier molecular flexibility index (Phi) is 5.20. The van der Waals surface area contributed by atoms with Gasteiger partial charge in [0.05, 0.1) is 19.1 Å². The number of aromatic hydroxyl groups is 1. The van der Waals surface area contributed by atoms with Crippen LogP contribution in [0.5, 0.6) is 11.6 Å². The Bertz CT molecular complexity index is 1060. The molecule has 0 saturated carbocycles. The van der Waals surface area contributed by atoms with Gasteiger partial charge in [0.2, 0.25) is 5.88 Å². The van der Waals surface area contributed by atoms with Crippen LogP contribution in [0.3, 0.4) is 0 Å². The van der Waals surface area contributed by atoms with Gasteiger partial charge in [0, 0.05) is 30.6 Å². The zero-order valence-electron chi connectivity index (χ0n) is 14.9. The number of aromatic nitrogens is 4. The summed E-state index contributed by atoms with van der Waals surface area (Å²) in [6.45, 7) is 2.01. The lowest BCUT2D eigenvalue weighted by Gasteiger charge is -2.12. The lowest BCUT2D eigenvalue weighted by atomic mass is 10.2. The van der Waals surface area contributed by atoms with Crippen LogP contribution in [0.1, 0.15) is 18.2 Å². The van der Waals surface area contributed by atoms with Gasteiger partial charge in [0.15, 0.2) is 0 Å². The van der Waals surface area contributed by atoms with Crippen LogP contribution < -0.4 is 16.0 Å². The van der Waals surface area contributed by atoms with E-state index in [1.807, 2.05) is 0 Å². The summed E-state index contributed by atoms with van der Waals surface area (Å²) in [6.07, 6.45) is 3.88. The van der Waals surface area contributed by atoms with Crippen molar-refractivity contribution in [3.63, 3.8) is 0 Å². The second-order valence-corrected chi connectivity index (χ2v) is 5.79. The average Bonchev–Trinajstić information content (AvgIpc) is 3.15. The molecule has 0 bridgehead atoms. The molecule has 140 valence electrons. The minimum absolute atomic E-state index is 0.0463. The maximum absolute atomic E-state index is 12.2. The number of rotatable bonds is 6. The Morgan fingerprint density at radius 3 is 2.67 bits per heavy atom. The van der Waals surface area contributed by atoms with E-state index in [0.29, 0.717) is 30.1 Å². The van der Waals surface area contributed by atoms with Crippen molar-refractivity contribution >= 4 is 5.71 Å². The SMILES string of the molecule is COc1ccc(-n2c(O)c(C(C)=NCCc3cnc[nH]3)c(=O)[nH]c2=O)cc1. The third kappa shape index (κ3) is 3.81. The van der Waals surface area contributed by atoms with Gasteiger partial charge in [-0.15, -0.1) is 0 Å². The van der Waals surface area contributed by atoms with Gasteiger partial charge < -0.3 is 14.8 Å². The Morgan fingerprint density at radius 1 is 1.30 bits per heavy atom. The van der Waals surface area contributed by atoms with Gasteiger partial charge in [-0.3, -0.25) is 14.8 Å². The summed E-state index contributed by atoms with van der Waals surface area (Å²) in [5, 5.41) is 10.6. The molecule has 3 aromatic rings. The summed E-state index contributed by atoms with van der Waals surface area (Å²) >= 11 is 0. The molecule has 2 heterocycles. The van der Waals surface area contributed by atoms with E-state index in [2.05, 4.69) is 19.9 Å². The topological polar surface area (TPSA) is 125 Å². The molecule has 9 heteroatoms. The van der Waals surface area contributed by atoms with Gasteiger partial charge >= 0.3 is 5.69 Å². The van der Waals surface area contributed by atoms with Crippen LogP contribution in [-0.2, 0) is 6.42 Å². The van der Waals surface area contributed by atoms with Crippen molar-refractivity contribution in [3.05, 3.63) is 68.9 Å². The molecule has 0 spiro atoms. The molecule has 0 saturated heterocycles. The quantitative estimate of drug-likeness (QED) is 0.559. The molecule has 0 fully saturated rings. The number of nitrogens with one attached hydrogen (secondary N) is 2. The van der Waals surface area contributed by atoms with E-state index in [1.54, 1.807) is 43.7 Å². The number of hydrogen-bond donors (Lipinski definition) is 3. The molecular formula is C18H19N5O4. The molecule has 1 aromatic carbocycles. The number of aliphatic imine (C=N–C) groups is 1. The summed E-state index contributed by atoms with van der Waals surface area (Å²) in [7, 11) is 1.53.